The molecule has 1 saturated carbocycles. The number of nitrogens with one attached hydrogen (secondary N) is 2. The molecule has 0 bridgehead atoms. The zero-order valence-electron chi connectivity index (χ0n) is 11.8. The molecule has 1 fully saturated rings. The van der Waals surface area contributed by atoms with Crippen LogP contribution in [0.1, 0.15) is 31.7 Å². The summed E-state index contributed by atoms with van der Waals surface area (Å²) in [5.74, 6) is 0.508. The molecule has 0 aromatic heterocycles. The molecule has 20 heavy (non-hydrogen) atoms. The van der Waals surface area contributed by atoms with E-state index in [9.17, 15) is 8.42 Å². The molecule has 1 aliphatic rings. The molecule has 0 amide bonds. The molecule has 1 aromatic rings. The smallest absolute Gasteiger partial charge is 0.241 e. The van der Waals surface area contributed by atoms with E-state index in [1.54, 1.807) is 12.1 Å². The van der Waals surface area contributed by atoms with Crippen molar-refractivity contribution in [2.75, 3.05) is 7.05 Å². The fourth-order valence-corrected chi connectivity index (χ4v) is 4.74. The second-order valence-corrected chi connectivity index (χ2v) is 7.84. The minimum Gasteiger partial charge on any atom is -0.316 e. The maximum Gasteiger partial charge on any atom is 0.241 e. The fourth-order valence-electron chi connectivity index (χ4n) is 2.41. The predicted molar refractivity (Wildman–Crippen MR) is 84.0 cm³/mol. The van der Waals surface area contributed by atoms with E-state index in [4.69, 9.17) is 0 Å². The maximum absolute atomic E-state index is 12.4. The first kappa shape index (κ1) is 15.9. The Labute approximate surface area is 129 Å². The molecule has 2 unspecified atom stereocenters. The zero-order chi connectivity index (χ0) is 14.8. The summed E-state index contributed by atoms with van der Waals surface area (Å²) in [6.45, 7) is 2.78. The van der Waals surface area contributed by atoms with Gasteiger partial charge in [-0.05, 0) is 59.4 Å². The average molecular weight is 361 g/mol. The minimum absolute atomic E-state index is 0.111. The van der Waals surface area contributed by atoms with Crippen molar-refractivity contribution in [2.45, 2.75) is 43.7 Å². The van der Waals surface area contributed by atoms with E-state index in [1.165, 1.54) is 0 Å². The van der Waals surface area contributed by atoms with Gasteiger partial charge in [0.15, 0.2) is 0 Å². The molecule has 0 aliphatic heterocycles. The van der Waals surface area contributed by atoms with Gasteiger partial charge in [0.1, 0.15) is 0 Å². The van der Waals surface area contributed by atoms with Crippen LogP contribution in [0.4, 0.5) is 0 Å². The Morgan fingerprint density at radius 3 is 2.80 bits per heavy atom. The van der Waals surface area contributed by atoms with Crippen molar-refractivity contribution >= 4 is 26.0 Å². The van der Waals surface area contributed by atoms with Gasteiger partial charge in [-0.25, -0.2) is 13.1 Å². The van der Waals surface area contributed by atoms with E-state index in [-0.39, 0.29) is 6.04 Å². The molecule has 0 heterocycles. The third-order valence-corrected chi connectivity index (χ3v) is 6.04. The van der Waals surface area contributed by atoms with Crippen LogP contribution >= 0.6 is 15.9 Å². The van der Waals surface area contributed by atoms with Crippen LogP contribution in [0.15, 0.2) is 27.6 Å². The van der Waals surface area contributed by atoms with E-state index in [0.717, 1.165) is 24.8 Å². The summed E-state index contributed by atoms with van der Waals surface area (Å²) in [6.07, 6.45) is 3.15. The molecule has 0 saturated heterocycles. The molecule has 0 radical (unpaired) electrons. The van der Waals surface area contributed by atoms with Crippen LogP contribution < -0.4 is 10.0 Å². The first-order chi connectivity index (χ1) is 9.47. The second-order valence-electron chi connectivity index (χ2n) is 5.31. The standard InChI is InChI=1S/C14H21BrN2O2S/c1-3-4-11-8-13(11)17-20(18,19)14-7-10(9-16-2)5-6-12(14)15/h5-7,11,13,16-17H,3-4,8-9H2,1-2H3. The molecule has 112 valence electrons. The Kier molecular flexibility index (Phi) is 5.23. The zero-order valence-corrected chi connectivity index (χ0v) is 14.2. The molecule has 0 spiro atoms. The number of hydrogen-bond donors (Lipinski definition) is 2. The van der Waals surface area contributed by atoms with Crippen molar-refractivity contribution in [1.29, 1.82) is 0 Å². The monoisotopic (exact) mass is 360 g/mol. The van der Waals surface area contributed by atoms with Crippen molar-refractivity contribution in [3.8, 4) is 0 Å². The first-order valence-corrected chi connectivity index (χ1v) is 9.21. The largest absolute Gasteiger partial charge is 0.316 e. The van der Waals surface area contributed by atoms with Crippen molar-refractivity contribution in [3.63, 3.8) is 0 Å². The Morgan fingerprint density at radius 2 is 2.15 bits per heavy atom. The van der Waals surface area contributed by atoms with Crippen LogP contribution in [0, 0.1) is 5.92 Å². The molecular formula is C14H21BrN2O2S. The quantitative estimate of drug-likeness (QED) is 0.785. The van der Waals surface area contributed by atoms with Crippen molar-refractivity contribution < 1.29 is 8.42 Å². The Balaban J connectivity index is 2.15. The highest BCUT2D eigenvalue weighted by Crippen LogP contribution is 2.36. The molecule has 2 rings (SSSR count). The fraction of sp³-hybridized carbons (Fsp3) is 0.571. The van der Waals surface area contributed by atoms with Crippen LogP contribution in [0.5, 0.6) is 0 Å². The van der Waals surface area contributed by atoms with Gasteiger partial charge in [0, 0.05) is 17.1 Å². The van der Waals surface area contributed by atoms with Crippen LogP contribution in [-0.2, 0) is 16.6 Å². The van der Waals surface area contributed by atoms with Gasteiger partial charge in [0.2, 0.25) is 10.0 Å². The normalized spacial score (nSPS) is 21.9. The van der Waals surface area contributed by atoms with Gasteiger partial charge in [-0.15, -0.1) is 0 Å². The molecule has 4 nitrogen and oxygen atoms in total. The van der Waals surface area contributed by atoms with Gasteiger partial charge >= 0.3 is 0 Å². The van der Waals surface area contributed by atoms with E-state index in [0.29, 0.717) is 21.8 Å². The molecule has 2 atom stereocenters. The van der Waals surface area contributed by atoms with E-state index < -0.39 is 10.0 Å². The van der Waals surface area contributed by atoms with Gasteiger partial charge in [-0.1, -0.05) is 19.4 Å². The summed E-state index contributed by atoms with van der Waals surface area (Å²) >= 11 is 3.33. The Bertz CT molecular complexity index is 575. The molecular weight excluding hydrogens is 340 g/mol. The van der Waals surface area contributed by atoms with Gasteiger partial charge in [0.05, 0.1) is 4.90 Å². The number of benzene rings is 1. The third-order valence-electron chi connectivity index (χ3n) is 3.55. The van der Waals surface area contributed by atoms with Crippen LogP contribution in [-0.4, -0.2) is 21.5 Å². The molecule has 6 heteroatoms. The maximum atomic E-state index is 12.4. The van der Waals surface area contributed by atoms with Gasteiger partial charge < -0.3 is 5.32 Å². The van der Waals surface area contributed by atoms with Crippen molar-refractivity contribution in [1.82, 2.24) is 10.0 Å². The predicted octanol–water partition coefficient (Wildman–Crippen LogP) is 2.64. The number of halogens is 1. The topological polar surface area (TPSA) is 58.2 Å². The highest BCUT2D eigenvalue weighted by Gasteiger charge is 2.39. The van der Waals surface area contributed by atoms with Gasteiger partial charge in [0.25, 0.3) is 0 Å². The van der Waals surface area contributed by atoms with E-state index >= 15 is 0 Å². The SMILES string of the molecule is CCCC1CC1NS(=O)(=O)c1cc(CNC)ccc1Br. The van der Waals surface area contributed by atoms with Gasteiger partial charge in [-0.2, -0.15) is 0 Å². The number of rotatable bonds is 7. The minimum atomic E-state index is -3.44. The summed E-state index contributed by atoms with van der Waals surface area (Å²) in [4.78, 5) is 0.326. The summed E-state index contributed by atoms with van der Waals surface area (Å²) in [5.41, 5.74) is 0.956. The lowest BCUT2D eigenvalue weighted by Gasteiger charge is -2.10. The lowest BCUT2D eigenvalue weighted by molar-refractivity contribution is 0.572. The Morgan fingerprint density at radius 1 is 1.40 bits per heavy atom. The second kappa shape index (κ2) is 6.56. The van der Waals surface area contributed by atoms with Crippen LogP contribution in [0.3, 0.4) is 0 Å². The highest BCUT2D eigenvalue weighted by atomic mass is 79.9. The van der Waals surface area contributed by atoms with E-state index in [2.05, 4.69) is 32.9 Å². The highest BCUT2D eigenvalue weighted by molar-refractivity contribution is 9.10. The summed E-state index contributed by atoms with van der Waals surface area (Å²) in [7, 11) is -1.60. The summed E-state index contributed by atoms with van der Waals surface area (Å²) in [6, 6.07) is 5.54. The third kappa shape index (κ3) is 3.81. The van der Waals surface area contributed by atoms with Gasteiger partial charge in [-0.3, -0.25) is 0 Å². The molecule has 2 N–H and O–H groups in total. The Hall–Kier alpha value is -0.430. The summed E-state index contributed by atoms with van der Waals surface area (Å²) < 4.78 is 28.3. The first-order valence-electron chi connectivity index (χ1n) is 6.93. The summed E-state index contributed by atoms with van der Waals surface area (Å²) in [5, 5.41) is 3.03. The molecule has 1 aromatic carbocycles. The lowest BCUT2D eigenvalue weighted by Crippen LogP contribution is -2.27. The number of sulfonamides is 1. The van der Waals surface area contributed by atoms with E-state index in [1.807, 2.05) is 13.1 Å². The van der Waals surface area contributed by atoms with Crippen LogP contribution in [0.25, 0.3) is 0 Å². The van der Waals surface area contributed by atoms with Crippen molar-refractivity contribution in [3.05, 3.63) is 28.2 Å². The van der Waals surface area contributed by atoms with Crippen LogP contribution in [0.2, 0.25) is 0 Å². The molecule has 1 aliphatic carbocycles. The lowest BCUT2D eigenvalue weighted by atomic mass is 10.2. The number of hydrogen-bond acceptors (Lipinski definition) is 3. The average Bonchev–Trinajstić information content (AvgIpc) is 3.09. The van der Waals surface area contributed by atoms with Crippen molar-refractivity contribution in [2.24, 2.45) is 5.92 Å².